The average Bonchev–Trinajstić information content (AvgIpc) is 3.15. The summed E-state index contributed by atoms with van der Waals surface area (Å²) in [4.78, 5) is 38.4. The Bertz CT molecular complexity index is 893. The highest BCUT2D eigenvalue weighted by atomic mass is 16.5. The van der Waals surface area contributed by atoms with E-state index in [4.69, 9.17) is 9.47 Å². The molecule has 2 aromatic carbocycles. The first kappa shape index (κ1) is 21.4. The van der Waals surface area contributed by atoms with Gasteiger partial charge in [-0.3, -0.25) is 9.59 Å². The first-order valence-electron chi connectivity index (χ1n) is 10.1. The summed E-state index contributed by atoms with van der Waals surface area (Å²) in [5.74, 6) is -0.405. The van der Waals surface area contributed by atoms with Crippen molar-refractivity contribution in [1.82, 2.24) is 0 Å². The number of carbonyl (C=O) groups excluding carboxylic acids is 3. The Morgan fingerprint density at radius 1 is 1.07 bits per heavy atom. The minimum Gasteiger partial charge on any atom is -0.494 e. The second kappa shape index (κ2) is 9.91. The standard InChI is InChI=1S/C23H26N2O5/c1-3-13-30-20-11-9-19(10-12-20)25-15-17(14-21(25)26)22(27)24-18-7-5-16(6-8-18)23(28)29-4-2/h5-12,17H,3-4,13-15H2,1-2H3,(H,24,27). The van der Waals surface area contributed by atoms with E-state index >= 15 is 0 Å². The molecule has 158 valence electrons. The second-order valence-electron chi connectivity index (χ2n) is 7.03. The molecule has 0 saturated carbocycles. The topological polar surface area (TPSA) is 84.9 Å². The Hall–Kier alpha value is -3.35. The summed E-state index contributed by atoms with van der Waals surface area (Å²) in [7, 11) is 0. The van der Waals surface area contributed by atoms with Crippen LogP contribution in [-0.2, 0) is 14.3 Å². The lowest BCUT2D eigenvalue weighted by Crippen LogP contribution is -2.28. The van der Waals surface area contributed by atoms with E-state index in [9.17, 15) is 14.4 Å². The number of hydrogen-bond acceptors (Lipinski definition) is 5. The summed E-state index contributed by atoms with van der Waals surface area (Å²) >= 11 is 0. The van der Waals surface area contributed by atoms with Gasteiger partial charge in [0.25, 0.3) is 0 Å². The lowest BCUT2D eigenvalue weighted by Gasteiger charge is -2.17. The predicted octanol–water partition coefficient (Wildman–Crippen LogP) is 3.64. The maximum Gasteiger partial charge on any atom is 0.338 e. The number of amides is 2. The number of nitrogens with one attached hydrogen (secondary N) is 1. The smallest absolute Gasteiger partial charge is 0.338 e. The zero-order valence-corrected chi connectivity index (χ0v) is 17.2. The summed E-state index contributed by atoms with van der Waals surface area (Å²) < 4.78 is 10.5. The van der Waals surface area contributed by atoms with E-state index in [1.165, 1.54) is 0 Å². The highest BCUT2D eigenvalue weighted by Crippen LogP contribution is 2.27. The number of ether oxygens (including phenoxy) is 2. The molecule has 7 heteroatoms. The second-order valence-corrected chi connectivity index (χ2v) is 7.03. The van der Waals surface area contributed by atoms with Crippen molar-refractivity contribution in [2.75, 3.05) is 30.0 Å². The Morgan fingerprint density at radius 2 is 1.77 bits per heavy atom. The van der Waals surface area contributed by atoms with Gasteiger partial charge in [0.1, 0.15) is 5.75 Å². The molecule has 3 rings (SSSR count). The van der Waals surface area contributed by atoms with Gasteiger partial charge in [0.2, 0.25) is 11.8 Å². The van der Waals surface area contributed by atoms with Crippen molar-refractivity contribution in [2.45, 2.75) is 26.7 Å². The fourth-order valence-electron chi connectivity index (χ4n) is 3.22. The van der Waals surface area contributed by atoms with E-state index < -0.39 is 11.9 Å². The normalized spacial score (nSPS) is 15.7. The molecular formula is C23H26N2O5. The number of hydrogen-bond donors (Lipinski definition) is 1. The number of nitrogens with zero attached hydrogens (tertiary/aromatic N) is 1. The molecule has 1 heterocycles. The van der Waals surface area contributed by atoms with Crippen LogP contribution in [0.4, 0.5) is 11.4 Å². The molecule has 1 atom stereocenters. The van der Waals surface area contributed by atoms with Gasteiger partial charge in [-0.1, -0.05) is 6.92 Å². The van der Waals surface area contributed by atoms with Crippen LogP contribution in [0.2, 0.25) is 0 Å². The molecule has 0 aliphatic carbocycles. The van der Waals surface area contributed by atoms with Crippen LogP contribution in [0.1, 0.15) is 37.0 Å². The third-order valence-corrected chi connectivity index (χ3v) is 4.78. The van der Waals surface area contributed by atoms with Crippen LogP contribution in [0, 0.1) is 5.92 Å². The van der Waals surface area contributed by atoms with Gasteiger partial charge in [-0.05, 0) is 61.9 Å². The van der Waals surface area contributed by atoms with E-state index in [0.29, 0.717) is 31.0 Å². The number of anilines is 2. The van der Waals surface area contributed by atoms with Crippen LogP contribution in [0.3, 0.4) is 0 Å². The third-order valence-electron chi connectivity index (χ3n) is 4.78. The molecule has 2 aromatic rings. The fourth-order valence-corrected chi connectivity index (χ4v) is 3.22. The molecule has 2 amide bonds. The lowest BCUT2D eigenvalue weighted by atomic mass is 10.1. The van der Waals surface area contributed by atoms with Crippen molar-refractivity contribution in [3.63, 3.8) is 0 Å². The van der Waals surface area contributed by atoms with Crippen LogP contribution in [0.5, 0.6) is 5.75 Å². The average molecular weight is 410 g/mol. The summed E-state index contributed by atoms with van der Waals surface area (Å²) in [6.07, 6.45) is 1.08. The molecule has 0 spiro atoms. The highest BCUT2D eigenvalue weighted by Gasteiger charge is 2.35. The SMILES string of the molecule is CCCOc1ccc(N2CC(C(=O)Nc3ccc(C(=O)OCC)cc3)CC2=O)cc1. The third kappa shape index (κ3) is 5.17. The molecule has 0 bridgehead atoms. The van der Waals surface area contributed by atoms with Gasteiger partial charge in [-0.25, -0.2) is 4.79 Å². The summed E-state index contributed by atoms with van der Waals surface area (Å²) in [6, 6.07) is 13.8. The Kier molecular flexibility index (Phi) is 7.06. The molecular weight excluding hydrogens is 384 g/mol. The van der Waals surface area contributed by atoms with E-state index in [2.05, 4.69) is 5.32 Å². The molecule has 7 nitrogen and oxygen atoms in total. The molecule has 1 aliphatic heterocycles. The number of carbonyl (C=O) groups is 3. The van der Waals surface area contributed by atoms with E-state index in [-0.39, 0.29) is 18.2 Å². The molecule has 1 saturated heterocycles. The number of benzene rings is 2. The Balaban J connectivity index is 1.59. The van der Waals surface area contributed by atoms with Gasteiger partial charge in [0, 0.05) is 24.3 Å². The van der Waals surface area contributed by atoms with Crippen molar-refractivity contribution in [3.8, 4) is 5.75 Å². The van der Waals surface area contributed by atoms with E-state index in [1.54, 1.807) is 36.1 Å². The van der Waals surface area contributed by atoms with Gasteiger partial charge in [-0.2, -0.15) is 0 Å². The van der Waals surface area contributed by atoms with Gasteiger partial charge in [0.15, 0.2) is 0 Å². The molecule has 1 fully saturated rings. The maximum atomic E-state index is 12.6. The van der Waals surface area contributed by atoms with Gasteiger partial charge < -0.3 is 19.7 Å². The van der Waals surface area contributed by atoms with E-state index in [0.717, 1.165) is 17.9 Å². The predicted molar refractivity (Wildman–Crippen MR) is 114 cm³/mol. The monoisotopic (exact) mass is 410 g/mol. The fraction of sp³-hybridized carbons (Fsp3) is 0.348. The van der Waals surface area contributed by atoms with Gasteiger partial charge >= 0.3 is 5.97 Å². The largest absolute Gasteiger partial charge is 0.494 e. The zero-order chi connectivity index (χ0) is 21.5. The first-order chi connectivity index (χ1) is 14.5. The molecule has 1 unspecified atom stereocenters. The molecule has 30 heavy (non-hydrogen) atoms. The summed E-state index contributed by atoms with van der Waals surface area (Å²) in [5, 5.41) is 2.82. The van der Waals surface area contributed by atoms with Crippen molar-refractivity contribution < 1.29 is 23.9 Å². The van der Waals surface area contributed by atoms with Crippen molar-refractivity contribution in [2.24, 2.45) is 5.92 Å². The first-order valence-corrected chi connectivity index (χ1v) is 10.1. The van der Waals surface area contributed by atoms with Crippen molar-refractivity contribution in [1.29, 1.82) is 0 Å². The van der Waals surface area contributed by atoms with Crippen LogP contribution < -0.4 is 15.0 Å². The van der Waals surface area contributed by atoms with Crippen LogP contribution in [0.15, 0.2) is 48.5 Å². The van der Waals surface area contributed by atoms with Crippen molar-refractivity contribution >= 4 is 29.2 Å². The molecule has 1 aliphatic rings. The molecule has 1 N–H and O–H groups in total. The zero-order valence-electron chi connectivity index (χ0n) is 17.2. The summed E-state index contributed by atoms with van der Waals surface area (Å²) in [6.45, 7) is 5.05. The molecule has 0 radical (unpaired) electrons. The minimum absolute atomic E-state index is 0.0879. The Morgan fingerprint density at radius 3 is 2.40 bits per heavy atom. The minimum atomic E-state index is -0.446. The number of esters is 1. The van der Waals surface area contributed by atoms with Crippen molar-refractivity contribution in [3.05, 3.63) is 54.1 Å². The number of rotatable bonds is 8. The van der Waals surface area contributed by atoms with Crippen LogP contribution in [0.25, 0.3) is 0 Å². The van der Waals surface area contributed by atoms with Gasteiger partial charge in [-0.15, -0.1) is 0 Å². The lowest BCUT2D eigenvalue weighted by molar-refractivity contribution is -0.122. The van der Waals surface area contributed by atoms with Gasteiger partial charge in [0.05, 0.1) is 24.7 Å². The van der Waals surface area contributed by atoms with E-state index in [1.807, 2.05) is 31.2 Å². The van der Waals surface area contributed by atoms with Crippen LogP contribution >= 0.6 is 0 Å². The Labute approximate surface area is 176 Å². The summed E-state index contributed by atoms with van der Waals surface area (Å²) in [5.41, 5.74) is 1.73. The van der Waals surface area contributed by atoms with Crippen LogP contribution in [-0.4, -0.2) is 37.5 Å². The molecule has 0 aromatic heterocycles. The highest BCUT2D eigenvalue weighted by molar-refractivity contribution is 6.03. The quantitative estimate of drug-likeness (QED) is 0.672. The maximum absolute atomic E-state index is 12.6.